The molecule has 0 saturated heterocycles. The Balaban J connectivity index is 1.86. The fourth-order valence-corrected chi connectivity index (χ4v) is 4.17. The lowest BCUT2D eigenvalue weighted by atomic mass is 9.89. The van der Waals surface area contributed by atoms with Crippen LogP contribution < -0.4 is 9.47 Å². The molecule has 184 valence electrons. The van der Waals surface area contributed by atoms with Gasteiger partial charge in [0, 0.05) is 29.8 Å². The Labute approximate surface area is 210 Å². The maximum atomic E-state index is 14.7. The molecule has 0 unspecified atom stereocenters. The first kappa shape index (κ1) is 24.9. The van der Waals surface area contributed by atoms with Crippen LogP contribution in [0.3, 0.4) is 0 Å². The van der Waals surface area contributed by atoms with Crippen molar-refractivity contribution in [2.75, 3.05) is 7.11 Å². The highest BCUT2D eigenvalue weighted by molar-refractivity contribution is 7.00. The lowest BCUT2D eigenvalue weighted by Crippen LogP contribution is -2.15. The number of carbonyl (C=O) groups excluding carboxylic acids is 1. The number of halogens is 1. The SMILES string of the molecule is COc1ccc(CC(C(=O)c2ccc(OC(C)C)c(F)c2)=C(C(=O)O)c2ccc3nsnc3c2)cn1. The highest BCUT2D eigenvalue weighted by Crippen LogP contribution is 2.29. The molecule has 0 bridgehead atoms. The van der Waals surface area contributed by atoms with Crippen LogP contribution in [0.5, 0.6) is 11.6 Å². The van der Waals surface area contributed by atoms with Crippen LogP contribution in [0.25, 0.3) is 16.6 Å². The van der Waals surface area contributed by atoms with Gasteiger partial charge >= 0.3 is 5.97 Å². The number of rotatable bonds is 9. The second-order valence-electron chi connectivity index (χ2n) is 8.15. The average Bonchev–Trinajstić information content (AvgIpc) is 3.32. The molecule has 0 aliphatic heterocycles. The van der Waals surface area contributed by atoms with Crippen LogP contribution in [0.1, 0.15) is 35.3 Å². The van der Waals surface area contributed by atoms with Crippen molar-refractivity contribution >= 4 is 40.1 Å². The molecule has 8 nitrogen and oxygen atoms in total. The Bertz CT molecular complexity index is 1460. The molecule has 4 aromatic rings. The Kier molecular flexibility index (Phi) is 7.35. The van der Waals surface area contributed by atoms with Crippen molar-refractivity contribution in [2.45, 2.75) is 26.4 Å². The number of ketones is 1. The number of carbonyl (C=O) groups is 2. The molecule has 4 rings (SSSR count). The third kappa shape index (κ3) is 5.38. The van der Waals surface area contributed by atoms with Crippen molar-refractivity contribution in [3.63, 3.8) is 0 Å². The van der Waals surface area contributed by atoms with Gasteiger partial charge in [-0.25, -0.2) is 14.2 Å². The van der Waals surface area contributed by atoms with Gasteiger partial charge in [0.25, 0.3) is 0 Å². The number of hydrogen-bond acceptors (Lipinski definition) is 8. The summed E-state index contributed by atoms with van der Waals surface area (Å²) in [6, 6.07) is 11.9. The fourth-order valence-electron chi connectivity index (χ4n) is 3.65. The van der Waals surface area contributed by atoms with Gasteiger partial charge in [0.2, 0.25) is 5.88 Å². The number of aromatic nitrogens is 3. The molecule has 0 aliphatic carbocycles. The number of aliphatic carboxylic acids is 1. The van der Waals surface area contributed by atoms with E-state index in [0.717, 1.165) is 17.8 Å². The summed E-state index contributed by atoms with van der Waals surface area (Å²) in [5.74, 6) is -2.27. The van der Waals surface area contributed by atoms with E-state index in [1.807, 2.05) is 0 Å². The van der Waals surface area contributed by atoms with E-state index in [-0.39, 0.29) is 40.5 Å². The largest absolute Gasteiger partial charge is 0.488 e. The van der Waals surface area contributed by atoms with Gasteiger partial charge in [0.15, 0.2) is 17.3 Å². The molecule has 0 amide bonds. The molecule has 2 heterocycles. The van der Waals surface area contributed by atoms with E-state index in [0.29, 0.717) is 22.5 Å². The molecule has 2 aromatic carbocycles. The zero-order chi connectivity index (χ0) is 25.8. The fraction of sp³-hybridized carbons (Fsp3) is 0.192. The molecule has 0 saturated carbocycles. The number of nitrogens with zero attached hydrogens (tertiary/aromatic N) is 3. The molecule has 0 radical (unpaired) electrons. The van der Waals surface area contributed by atoms with Crippen molar-refractivity contribution in [1.29, 1.82) is 0 Å². The zero-order valence-corrected chi connectivity index (χ0v) is 20.5. The molecule has 10 heteroatoms. The van der Waals surface area contributed by atoms with Gasteiger partial charge in [0.05, 0.1) is 30.5 Å². The summed E-state index contributed by atoms with van der Waals surface area (Å²) in [6.45, 7) is 3.52. The second-order valence-corrected chi connectivity index (χ2v) is 8.68. The van der Waals surface area contributed by atoms with Crippen molar-refractivity contribution in [2.24, 2.45) is 0 Å². The summed E-state index contributed by atoms with van der Waals surface area (Å²) in [5, 5.41) is 10.2. The third-order valence-corrected chi connectivity index (χ3v) is 5.83. The Hall–Kier alpha value is -4.18. The van der Waals surface area contributed by atoms with Gasteiger partial charge in [-0.2, -0.15) is 8.75 Å². The molecule has 0 spiro atoms. The van der Waals surface area contributed by atoms with Crippen LogP contribution in [0.2, 0.25) is 0 Å². The number of carboxylic acid groups (broad SMARTS) is 1. The van der Waals surface area contributed by atoms with Crippen LogP contribution >= 0.6 is 11.7 Å². The highest BCUT2D eigenvalue weighted by Gasteiger charge is 2.25. The third-order valence-electron chi connectivity index (χ3n) is 5.28. The van der Waals surface area contributed by atoms with Gasteiger partial charge in [-0.15, -0.1) is 0 Å². The lowest BCUT2D eigenvalue weighted by molar-refractivity contribution is -0.130. The number of methoxy groups -OCH3 is 1. The number of hydrogen-bond donors (Lipinski definition) is 1. The molecule has 0 atom stereocenters. The first-order valence-electron chi connectivity index (χ1n) is 11.0. The van der Waals surface area contributed by atoms with Crippen molar-refractivity contribution in [3.05, 3.63) is 82.8 Å². The quantitative estimate of drug-likeness (QED) is 0.249. The molecular weight excluding hydrogens is 485 g/mol. The van der Waals surface area contributed by atoms with E-state index in [1.54, 1.807) is 44.2 Å². The second kappa shape index (κ2) is 10.6. The van der Waals surface area contributed by atoms with Crippen LogP contribution in [-0.4, -0.2) is 43.8 Å². The number of carboxylic acids is 1. The number of ether oxygens (including phenoxy) is 2. The topological polar surface area (TPSA) is 112 Å². The van der Waals surface area contributed by atoms with E-state index < -0.39 is 17.6 Å². The van der Waals surface area contributed by atoms with E-state index in [2.05, 4.69) is 13.7 Å². The molecular formula is C26H22FN3O5S. The number of Topliss-reactive ketones (excluding diaryl/α,β-unsaturated/α-hetero) is 1. The molecule has 0 aliphatic rings. The molecule has 2 aromatic heterocycles. The standard InChI is InChI=1S/C26H22FN3O5S/c1-14(2)35-22-8-6-17(11-19(22)27)25(31)18(10-15-4-9-23(34-3)28-13-15)24(26(32)33)16-5-7-20-21(12-16)30-36-29-20/h4-9,11-14H,10H2,1-3H3,(H,32,33). The number of pyridine rings is 1. The monoisotopic (exact) mass is 507 g/mol. The maximum absolute atomic E-state index is 14.7. The summed E-state index contributed by atoms with van der Waals surface area (Å²) < 4.78 is 33.5. The van der Waals surface area contributed by atoms with Crippen molar-refractivity contribution < 1.29 is 28.6 Å². The zero-order valence-electron chi connectivity index (χ0n) is 19.7. The molecule has 0 fully saturated rings. The van der Waals surface area contributed by atoms with Gasteiger partial charge < -0.3 is 14.6 Å². The van der Waals surface area contributed by atoms with Crippen molar-refractivity contribution in [1.82, 2.24) is 13.7 Å². The minimum atomic E-state index is -1.30. The minimum Gasteiger partial charge on any atom is -0.488 e. The number of allylic oxidation sites excluding steroid dienone is 1. The van der Waals surface area contributed by atoms with Crippen molar-refractivity contribution in [3.8, 4) is 11.6 Å². The summed E-state index contributed by atoms with van der Waals surface area (Å²) in [4.78, 5) is 30.4. The first-order valence-corrected chi connectivity index (χ1v) is 11.7. The van der Waals surface area contributed by atoms with Gasteiger partial charge in [-0.1, -0.05) is 12.1 Å². The minimum absolute atomic E-state index is 0.00442. The van der Waals surface area contributed by atoms with Gasteiger partial charge in [0.1, 0.15) is 11.0 Å². The smallest absolute Gasteiger partial charge is 0.336 e. The molecule has 36 heavy (non-hydrogen) atoms. The van der Waals surface area contributed by atoms with E-state index in [1.165, 1.54) is 25.4 Å². The Morgan fingerprint density at radius 3 is 2.42 bits per heavy atom. The Morgan fingerprint density at radius 1 is 1.03 bits per heavy atom. The average molecular weight is 508 g/mol. The number of fused-ring (bicyclic) bond motifs is 1. The molecule has 1 N–H and O–H groups in total. The van der Waals surface area contributed by atoms with Crippen LogP contribution in [0, 0.1) is 5.82 Å². The first-order chi connectivity index (χ1) is 17.3. The normalized spacial score (nSPS) is 11.9. The van der Waals surface area contributed by atoms with Gasteiger partial charge in [-0.05, 0) is 55.3 Å². The maximum Gasteiger partial charge on any atom is 0.336 e. The predicted molar refractivity (Wildman–Crippen MR) is 133 cm³/mol. The van der Waals surface area contributed by atoms with E-state index >= 15 is 0 Å². The summed E-state index contributed by atoms with van der Waals surface area (Å²) in [5.41, 5.74) is 1.74. The summed E-state index contributed by atoms with van der Waals surface area (Å²) >= 11 is 1.00. The Morgan fingerprint density at radius 2 is 1.78 bits per heavy atom. The van der Waals surface area contributed by atoms with E-state index in [9.17, 15) is 19.1 Å². The lowest BCUT2D eigenvalue weighted by Gasteiger charge is -2.15. The van der Waals surface area contributed by atoms with Crippen LogP contribution in [0.4, 0.5) is 4.39 Å². The summed E-state index contributed by atoms with van der Waals surface area (Å²) in [7, 11) is 1.48. The van der Waals surface area contributed by atoms with E-state index in [4.69, 9.17) is 9.47 Å². The predicted octanol–water partition coefficient (Wildman–Crippen LogP) is 4.99. The number of benzene rings is 2. The summed E-state index contributed by atoms with van der Waals surface area (Å²) in [6.07, 6.45) is 1.18. The highest BCUT2D eigenvalue weighted by atomic mass is 32.1. The van der Waals surface area contributed by atoms with Crippen LogP contribution in [-0.2, 0) is 11.2 Å². The van der Waals surface area contributed by atoms with Gasteiger partial charge in [-0.3, -0.25) is 4.79 Å². The van der Waals surface area contributed by atoms with Crippen LogP contribution in [0.15, 0.2) is 60.3 Å².